The van der Waals surface area contributed by atoms with Crippen LogP contribution in [-0.4, -0.2) is 38.5 Å². The monoisotopic (exact) mass is 291 g/mol. The predicted molar refractivity (Wildman–Crippen MR) is 84.2 cm³/mol. The van der Waals surface area contributed by atoms with Crippen LogP contribution in [0.25, 0.3) is 0 Å². The van der Waals surface area contributed by atoms with Gasteiger partial charge in [-0.3, -0.25) is 9.58 Å². The Labute approximate surface area is 128 Å². The summed E-state index contributed by atoms with van der Waals surface area (Å²) >= 11 is 0. The molecule has 1 aliphatic heterocycles. The molecule has 1 N–H and O–H groups in total. The summed E-state index contributed by atoms with van der Waals surface area (Å²) in [4.78, 5) is 2.40. The molecular formula is C17H29N3O. The van der Waals surface area contributed by atoms with Crippen LogP contribution in [-0.2, 0) is 13.6 Å². The van der Waals surface area contributed by atoms with E-state index in [-0.39, 0.29) is 0 Å². The lowest BCUT2D eigenvalue weighted by Crippen LogP contribution is -2.45. The normalized spacial score (nSPS) is 28.9. The molecule has 1 aromatic heterocycles. The van der Waals surface area contributed by atoms with Gasteiger partial charge in [-0.05, 0) is 39.2 Å². The minimum absolute atomic E-state index is 0.522. The fourth-order valence-electron chi connectivity index (χ4n) is 4.10. The second-order valence-corrected chi connectivity index (χ2v) is 7.36. The Kier molecular flexibility index (Phi) is 4.36. The zero-order valence-corrected chi connectivity index (χ0v) is 13.5. The Morgan fingerprint density at radius 3 is 2.76 bits per heavy atom. The molecule has 2 heterocycles. The van der Waals surface area contributed by atoms with Crippen LogP contribution in [0, 0.1) is 0 Å². The molecule has 0 radical (unpaired) electrons. The SMILES string of the molecule is Cn1cc(CN2CCC[C@](C)(O)C2)c(C2CCCCC2)n1. The fraction of sp³-hybridized carbons (Fsp3) is 0.824. The lowest BCUT2D eigenvalue weighted by Gasteiger charge is -2.37. The predicted octanol–water partition coefficient (Wildman–Crippen LogP) is 2.81. The second-order valence-electron chi connectivity index (χ2n) is 7.36. The summed E-state index contributed by atoms with van der Waals surface area (Å²) in [7, 11) is 2.03. The summed E-state index contributed by atoms with van der Waals surface area (Å²) < 4.78 is 1.97. The third-order valence-corrected chi connectivity index (χ3v) is 5.08. The van der Waals surface area contributed by atoms with Crippen molar-refractivity contribution in [2.75, 3.05) is 13.1 Å². The van der Waals surface area contributed by atoms with E-state index in [0.717, 1.165) is 32.5 Å². The van der Waals surface area contributed by atoms with Crippen LogP contribution < -0.4 is 0 Å². The molecule has 2 fully saturated rings. The smallest absolute Gasteiger partial charge is 0.0746 e. The van der Waals surface area contributed by atoms with E-state index in [1.165, 1.54) is 43.4 Å². The van der Waals surface area contributed by atoms with E-state index in [1.807, 2.05) is 18.7 Å². The number of aromatic nitrogens is 2. The largest absolute Gasteiger partial charge is 0.389 e. The molecular weight excluding hydrogens is 262 g/mol. The van der Waals surface area contributed by atoms with Gasteiger partial charge < -0.3 is 5.11 Å². The van der Waals surface area contributed by atoms with E-state index < -0.39 is 5.60 Å². The number of aryl methyl sites for hydroxylation is 1. The summed E-state index contributed by atoms with van der Waals surface area (Å²) in [6.45, 7) is 4.78. The molecule has 0 amide bonds. The number of rotatable bonds is 3. The summed E-state index contributed by atoms with van der Waals surface area (Å²) in [6.07, 6.45) is 10.9. The van der Waals surface area contributed by atoms with Crippen molar-refractivity contribution in [3.8, 4) is 0 Å². The number of aliphatic hydroxyl groups is 1. The Bertz CT molecular complexity index is 474. The van der Waals surface area contributed by atoms with E-state index in [2.05, 4.69) is 11.1 Å². The molecule has 0 unspecified atom stereocenters. The van der Waals surface area contributed by atoms with Crippen molar-refractivity contribution in [1.29, 1.82) is 0 Å². The highest BCUT2D eigenvalue weighted by Gasteiger charge is 2.29. The van der Waals surface area contributed by atoms with Crippen LogP contribution in [0.4, 0.5) is 0 Å². The van der Waals surface area contributed by atoms with Crippen molar-refractivity contribution in [1.82, 2.24) is 14.7 Å². The maximum absolute atomic E-state index is 10.3. The van der Waals surface area contributed by atoms with Crippen molar-refractivity contribution in [2.45, 2.75) is 69.9 Å². The molecule has 1 aliphatic carbocycles. The summed E-state index contributed by atoms with van der Waals surface area (Å²) in [5.41, 5.74) is 2.18. The minimum Gasteiger partial charge on any atom is -0.389 e. The molecule has 1 saturated heterocycles. The van der Waals surface area contributed by atoms with Crippen LogP contribution in [0.1, 0.15) is 69.0 Å². The van der Waals surface area contributed by atoms with Gasteiger partial charge in [-0.2, -0.15) is 5.10 Å². The fourth-order valence-corrected chi connectivity index (χ4v) is 4.10. The Hall–Kier alpha value is -0.870. The average molecular weight is 291 g/mol. The van der Waals surface area contributed by atoms with Crippen LogP contribution in [0.5, 0.6) is 0 Å². The zero-order valence-electron chi connectivity index (χ0n) is 13.5. The maximum Gasteiger partial charge on any atom is 0.0746 e. The van der Waals surface area contributed by atoms with Crippen LogP contribution in [0.15, 0.2) is 6.20 Å². The lowest BCUT2D eigenvalue weighted by molar-refractivity contribution is -0.0182. The van der Waals surface area contributed by atoms with Gasteiger partial charge in [0.15, 0.2) is 0 Å². The van der Waals surface area contributed by atoms with E-state index in [4.69, 9.17) is 5.10 Å². The second kappa shape index (κ2) is 6.09. The van der Waals surface area contributed by atoms with Gasteiger partial charge in [0.1, 0.15) is 0 Å². The number of hydrogen-bond acceptors (Lipinski definition) is 3. The molecule has 21 heavy (non-hydrogen) atoms. The van der Waals surface area contributed by atoms with Gasteiger partial charge in [-0.1, -0.05) is 19.3 Å². The van der Waals surface area contributed by atoms with E-state index in [9.17, 15) is 5.11 Å². The Morgan fingerprint density at radius 2 is 2.05 bits per heavy atom. The molecule has 0 spiro atoms. The van der Waals surface area contributed by atoms with Gasteiger partial charge in [0.2, 0.25) is 0 Å². The first-order chi connectivity index (χ1) is 10.0. The van der Waals surface area contributed by atoms with Crippen molar-refractivity contribution >= 4 is 0 Å². The number of hydrogen-bond donors (Lipinski definition) is 1. The van der Waals surface area contributed by atoms with Gasteiger partial charge in [0.25, 0.3) is 0 Å². The van der Waals surface area contributed by atoms with Crippen LogP contribution in [0.2, 0.25) is 0 Å². The summed E-state index contributed by atoms with van der Waals surface area (Å²) in [5, 5.41) is 15.0. The van der Waals surface area contributed by atoms with E-state index in [0.29, 0.717) is 5.92 Å². The molecule has 2 aliphatic rings. The summed E-state index contributed by atoms with van der Waals surface area (Å²) in [6, 6.07) is 0. The van der Waals surface area contributed by atoms with Gasteiger partial charge in [-0.15, -0.1) is 0 Å². The van der Waals surface area contributed by atoms with Crippen molar-refractivity contribution in [2.24, 2.45) is 7.05 Å². The maximum atomic E-state index is 10.3. The molecule has 1 atom stereocenters. The van der Waals surface area contributed by atoms with Crippen molar-refractivity contribution < 1.29 is 5.11 Å². The molecule has 1 saturated carbocycles. The third kappa shape index (κ3) is 3.67. The highest BCUT2D eigenvalue weighted by atomic mass is 16.3. The Morgan fingerprint density at radius 1 is 1.29 bits per heavy atom. The quantitative estimate of drug-likeness (QED) is 0.931. The standard InChI is InChI=1S/C17H29N3O/c1-17(21)9-6-10-20(13-17)12-15-11-19(2)18-16(15)14-7-4-3-5-8-14/h11,14,21H,3-10,12-13H2,1-2H3/t17-/m0/s1. The Balaban J connectivity index is 1.72. The molecule has 3 rings (SSSR count). The van der Waals surface area contributed by atoms with Crippen molar-refractivity contribution in [3.63, 3.8) is 0 Å². The van der Waals surface area contributed by atoms with E-state index >= 15 is 0 Å². The number of likely N-dealkylation sites (tertiary alicyclic amines) is 1. The summed E-state index contributed by atoms with van der Waals surface area (Å²) in [5.74, 6) is 0.653. The first-order valence-electron chi connectivity index (χ1n) is 8.51. The third-order valence-electron chi connectivity index (χ3n) is 5.08. The van der Waals surface area contributed by atoms with Gasteiger partial charge in [0.05, 0.1) is 11.3 Å². The number of piperidine rings is 1. The molecule has 118 valence electrons. The lowest BCUT2D eigenvalue weighted by atomic mass is 9.85. The molecule has 0 bridgehead atoms. The minimum atomic E-state index is -0.522. The molecule has 4 heteroatoms. The van der Waals surface area contributed by atoms with Gasteiger partial charge >= 0.3 is 0 Å². The number of nitrogens with zero attached hydrogens (tertiary/aromatic N) is 3. The molecule has 1 aromatic rings. The van der Waals surface area contributed by atoms with Crippen LogP contribution in [0.3, 0.4) is 0 Å². The van der Waals surface area contributed by atoms with E-state index in [1.54, 1.807) is 0 Å². The highest BCUT2D eigenvalue weighted by molar-refractivity contribution is 5.22. The van der Waals surface area contributed by atoms with Crippen LogP contribution >= 0.6 is 0 Å². The highest BCUT2D eigenvalue weighted by Crippen LogP contribution is 2.34. The van der Waals surface area contributed by atoms with Crippen molar-refractivity contribution in [3.05, 3.63) is 17.5 Å². The molecule has 0 aromatic carbocycles. The number of β-amino-alcohol motifs (C(OH)–C–C–N with tert-alkyl or cyclic N) is 1. The molecule has 4 nitrogen and oxygen atoms in total. The first kappa shape index (κ1) is 15.0. The van der Waals surface area contributed by atoms with Gasteiger partial charge in [-0.25, -0.2) is 0 Å². The van der Waals surface area contributed by atoms with Gasteiger partial charge in [0, 0.05) is 37.8 Å². The first-order valence-corrected chi connectivity index (χ1v) is 8.51. The topological polar surface area (TPSA) is 41.3 Å². The zero-order chi connectivity index (χ0) is 14.9. The average Bonchev–Trinajstić information content (AvgIpc) is 2.79.